The van der Waals surface area contributed by atoms with Gasteiger partial charge >= 0.3 is 0 Å². The normalized spacial score (nSPS) is 16.1. The summed E-state index contributed by atoms with van der Waals surface area (Å²) in [5, 5.41) is 3.38. The highest BCUT2D eigenvalue weighted by molar-refractivity contribution is 5.76. The molecular formula is C23H29N3O3. The van der Waals surface area contributed by atoms with Crippen LogP contribution in [0.3, 0.4) is 0 Å². The zero-order valence-electron chi connectivity index (χ0n) is 17.2. The van der Waals surface area contributed by atoms with Gasteiger partial charge in [0.15, 0.2) is 11.5 Å². The Labute approximate surface area is 172 Å². The molecule has 0 aliphatic carbocycles. The summed E-state index contributed by atoms with van der Waals surface area (Å²) in [6.07, 6.45) is 0.523. The standard InChI is InChI=1S/C23H29N3O3/c1-17-11-18(2)13-20(12-17)24-6-5-23(27)26-9-7-25(8-10-26)15-19-3-4-21-22(14-19)29-16-28-21/h3-4,11-14,24H,5-10,15-16H2,1-2H3. The molecule has 1 fully saturated rings. The van der Waals surface area contributed by atoms with Crippen LogP contribution >= 0.6 is 0 Å². The Morgan fingerprint density at radius 1 is 0.966 bits per heavy atom. The molecule has 154 valence electrons. The van der Waals surface area contributed by atoms with Gasteiger partial charge in [-0.1, -0.05) is 12.1 Å². The summed E-state index contributed by atoms with van der Waals surface area (Å²) in [5.41, 5.74) is 4.77. The summed E-state index contributed by atoms with van der Waals surface area (Å²) < 4.78 is 10.8. The number of carbonyl (C=O) groups excluding carboxylic acids is 1. The summed E-state index contributed by atoms with van der Waals surface area (Å²) in [6, 6.07) is 12.5. The number of hydrogen-bond acceptors (Lipinski definition) is 5. The molecule has 1 N–H and O–H groups in total. The second kappa shape index (κ2) is 8.74. The van der Waals surface area contributed by atoms with Crippen molar-refractivity contribution in [3.05, 3.63) is 53.1 Å². The number of benzene rings is 2. The fourth-order valence-electron chi connectivity index (χ4n) is 4.00. The topological polar surface area (TPSA) is 54.0 Å². The number of amides is 1. The Morgan fingerprint density at radius 3 is 2.45 bits per heavy atom. The highest BCUT2D eigenvalue weighted by atomic mass is 16.7. The van der Waals surface area contributed by atoms with Crippen molar-refractivity contribution in [3.63, 3.8) is 0 Å². The van der Waals surface area contributed by atoms with Gasteiger partial charge in [-0.2, -0.15) is 0 Å². The van der Waals surface area contributed by atoms with E-state index >= 15 is 0 Å². The molecule has 2 aliphatic rings. The van der Waals surface area contributed by atoms with Gasteiger partial charge in [0.25, 0.3) is 0 Å². The van der Waals surface area contributed by atoms with Crippen molar-refractivity contribution in [2.75, 3.05) is 44.8 Å². The van der Waals surface area contributed by atoms with E-state index in [9.17, 15) is 4.79 Å². The maximum Gasteiger partial charge on any atom is 0.231 e. The van der Waals surface area contributed by atoms with Crippen LogP contribution in [-0.2, 0) is 11.3 Å². The van der Waals surface area contributed by atoms with E-state index in [-0.39, 0.29) is 5.91 Å². The fourth-order valence-corrected chi connectivity index (χ4v) is 4.00. The van der Waals surface area contributed by atoms with E-state index in [2.05, 4.69) is 54.4 Å². The molecule has 2 aromatic carbocycles. The molecule has 29 heavy (non-hydrogen) atoms. The van der Waals surface area contributed by atoms with Crippen LogP contribution in [0.2, 0.25) is 0 Å². The van der Waals surface area contributed by atoms with Crippen LogP contribution in [0.15, 0.2) is 36.4 Å². The molecule has 0 aromatic heterocycles. The SMILES string of the molecule is Cc1cc(C)cc(NCCC(=O)N2CCN(Cc3ccc4c(c3)OCO4)CC2)c1. The zero-order chi connectivity index (χ0) is 20.2. The van der Waals surface area contributed by atoms with Gasteiger partial charge in [-0.3, -0.25) is 9.69 Å². The maximum absolute atomic E-state index is 12.6. The third kappa shape index (κ3) is 5.01. The number of nitrogens with one attached hydrogen (secondary N) is 1. The molecule has 0 spiro atoms. The van der Waals surface area contributed by atoms with Crippen molar-refractivity contribution < 1.29 is 14.3 Å². The number of hydrogen-bond donors (Lipinski definition) is 1. The second-order valence-corrected chi connectivity index (χ2v) is 7.90. The van der Waals surface area contributed by atoms with Gasteiger partial charge in [0.1, 0.15) is 0 Å². The highest BCUT2D eigenvalue weighted by Gasteiger charge is 2.21. The lowest BCUT2D eigenvalue weighted by atomic mass is 10.1. The molecule has 6 heteroatoms. The van der Waals surface area contributed by atoms with Crippen LogP contribution in [0.1, 0.15) is 23.1 Å². The quantitative estimate of drug-likeness (QED) is 0.814. The van der Waals surface area contributed by atoms with Gasteiger partial charge in [-0.05, 0) is 54.8 Å². The third-order valence-corrected chi connectivity index (χ3v) is 5.46. The second-order valence-electron chi connectivity index (χ2n) is 7.90. The number of ether oxygens (including phenoxy) is 2. The lowest BCUT2D eigenvalue weighted by molar-refractivity contribution is -0.132. The minimum Gasteiger partial charge on any atom is -0.454 e. The molecular weight excluding hydrogens is 366 g/mol. The predicted molar refractivity (Wildman–Crippen MR) is 113 cm³/mol. The van der Waals surface area contributed by atoms with Gasteiger partial charge < -0.3 is 19.7 Å². The average Bonchev–Trinajstić information content (AvgIpc) is 3.15. The lowest BCUT2D eigenvalue weighted by Crippen LogP contribution is -2.48. The number of carbonyl (C=O) groups is 1. The van der Waals surface area contributed by atoms with E-state index in [1.807, 2.05) is 11.0 Å². The number of nitrogens with zero attached hydrogens (tertiary/aromatic N) is 2. The van der Waals surface area contributed by atoms with Crippen molar-refractivity contribution in [1.82, 2.24) is 9.80 Å². The summed E-state index contributed by atoms with van der Waals surface area (Å²) in [6.45, 7) is 9.37. The maximum atomic E-state index is 12.6. The largest absolute Gasteiger partial charge is 0.454 e. The first-order valence-corrected chi connectivity index (χ1v) is 10.3. The number of fused-ring (bicyclic) bond motifs is 1. The van der Waals surface area contributed by atoms with Gasteiger partial charge in [0.2, 0.25) is 12.7 Å². The Bertz CT molecular complexity index is 855. The van der Waals surface area contributed by atoms with E-state index in [1.54, 1.807) is 0 Å². The molecule has 1 saturated heterocycles. The van der Waals surface area contributed by atoms with Gasteiger partial charge in [-0.25, -0.2) is 0 Å². The van der Waals surface area contributed by atoms with E-state index in [1.165, 1.54) is 16.7 Å². The summed E-state index contributed by atoms with van der Waals surface area (Å²) in [5.74, 6) is 1.87. The van der Waals surface area contributed by atoms with Crippen LogP contribution in [0.25, 0.3) is 0 Å². The van der Waals surface area contributed by atoms with E-state index < -0.39 is 0 Å². The Kier molecular flexibility index (Phi) is 5.90. The molecule has 2 aromatic rings. The summed E-state index contributed by atoms with van der Waals surface area (Å²) >= 11 is 0. The number of aryl methyl sites for hydroxylation is 2. The lowest BCUT2D eigenvalue weighted by Gasteiger charge is -2.35. The van der Waals surface area contributed by atoms with Crippen molar-refractivity contribution in [2.45, 2.75) is 26.8 Å². The monoisotopic (exact) mass is 395 g/mol. The van der Waals surface area contributed by atoms with Crippen LogP contribution < -0.4 is 14.8 Å². The number of piperazine rings is 1. The van der Waals surface area contributed by atoms with E-state index in [0.717, 1.165) is 49.9 Å². The molecule has 2 heterocycles. The summed E-state index contributed by atoms with van der Waals surface area (Å²) in [4.78, 5) is 16.9. The molecule has 0 radical (unpaired) electrons. The predicted octanol–water partition coefficient (Wildman–Crippen LogP) is 3.18. The number of anilines is 1. The van der Waals surface area contributed by atoms with Crippen LogP contribution in [-0.4, -0.2) is 55.2 Å². The first-order chi connectivity index (χ1) is 14.1. The zero-order valence-corrected chi connectivity index (χ0v) is 17.2. The van der Waals surface area contributed by atoms with Crippen molar-refractivity contribution in [3.8, 4) is 11.5 Å². The van der Waals surface area contributed by atoms with Crippen molar-refractivity contribution >= 4 is 11.6 Å². The van der Waals surface area contributed by atoms with Crippen LogP contribution in [0.5, 0.6) is 11.5 Å². The molecule has 0 atom stereocenters. The van der Waals surface area contributed by atoms with Gasteiger partial charge in [0.05, 0.1) is 0 Å². The molecule has 1 amide bonds. The smallest absolute Gasteiger partial charge is 0.231 e. The van der Waals surface area contributed by atoms with Gasteiger partial charge in [0, 0.05) is 51.4 Å². The van der Waals surface area contributed by atoms with E-state index in [4.69, 9.17) is 9.47 Å². The molecule has 0 unspecified atom stereocenters. The van der Waals surface area contributed by atoms with Crippen LogP contribution in [0.4, 0.5) is 5.69 Å². The average molecular weight is 396 g/mol. The van der Waals surface area contributed by atoms with Crippen molar-refractivity contribution in [2.24, 2.45) is 0 Å². The summed E-state index contributed by atoms with van der Waals surface area (Å²) in [7, 11) is 0. The Hall–Kier alpha value is -2.73. The molecule has 0 bridgehead atoms. The van der Waals surface area contributed by atoms with Crippen molar-refractivity contribution in [1.29, 1.82) is 0 Å². The third-order valence-electron chi connectivity index (χ3n) is 5.46. The van der Waals surface area contributed by atoms with Gasteiger partial charge in [-0.15, -0.1) is 0 Å². The van der Waals surface area contributed by atoms with E-state index in [0.29, 0.717) is 19.8 Å². The highest BCUT2D eigenvalue weighted by Crippen LogP contribution is 2.32. The fraction of sp³-hybridized carbons (Fsp3) is 0.435. The minimum absolute atomic E-state index is 0.226. The molecule has 4 rings (SSSR count). The number of rotatable bonds is 6. The first kappa shape index (κ1) is 19.6. The van der Waals surface area contributed by atoms with Crippen LogP contribution in [0, 0.1) is 13.8 Å². The molecule has 6 nitrogen and oxygen atoms in total. The minimum atomic E-state index is 0.226. The Morgan fingerprint density at radius 2 is 1.69 bits per heavy atom. The first-order valence-electron chi connectivity index (χ1n) is 10.3. The molecule has 0 saturated carbocycles. The molecule has 2 aliphatic heterocycles. The Balaban J connectivity index is 1.20.